The lowest BCUT2D eigenvalue weighted by atomic mass is 9.86. The van der Waals surface area contributed by atoms with Crippen LogP contribution in [0.4, 0.5) is 0 Å². The van der Waals surface area contributed by atoms with E-state index in [9.17, 15) is 10.5 Å². The van der Waals surface area contributed by atoms with Gasteiger partial charge in [-0.1, -0.05) is 23.7 Å². The maximum Gasteiger partial charge on any atom is 0.205 e. The predicted molar refractivity (Wildman–Crippen MR) is 108 cm³/mol. The van der Waals surface area contributed by atoms with Crippen molar-refractivity contribution in [3.63, 3.8) is 0 Å². The fourth-order valence-electron chi connectivity index (χ4n) is 3.46. The third kappa shape index (κ3) is 3.06. The molecule has 29 heavy (non-hydrogen) atoms. The average molecular weight is 403 g/mol. The summed E-state index contributed by atoms with van der Waals surface area (Å²) in [5.41, 5.74) is 8.91. The maximum atomic E-state index is 9.78. The molecule has 1 aliphatic rings. The van der Waals surface area contributed by atoms with E-state index in [1.54, 1.807) is 25.4 Å². The van der Waals surface area contributed by atoms with E-state index >= 15 is 0 Å². The molecule has 0 spiro atoms. The number of nitrogens with two attached hydrogens (primary N) is 1. The van der Waals surface area contributed by atoms with Crippen molar-refractivity contribution in [3.05, 3.63) is 88.0 Å². The highest BCUT2D eigenvalue weighted by molar-refractivity contribution is 6.30. The summed E-state index contributed by atoms with van der Waals surface area (Å²) in [5.74, 6) is 0.538. The number of nitrogens with zero attached hydrogens (tertiary/aromatic N) is 3. The first-order chi connectivity index (χ1) is 14.1. The lowest BCUT2D eigenvalue weighted by Gasteiger charge is -2.26. The summed E-state index contributed by atoms with van der Waals surface area (Å²) in [5, 5.41) is 20.0. The van der Waals surface area contributed by atoms with E-state index in [-0.39, 0.29) is 11.5 Å². The fraction of sp³-hybridized carbons (Fsp3) is 0.0909. The molecule has 2 aromatic carbocycles. The van der Waals surface area contributed by atoms with Crippen LogP contribution in [0.1, 0.15) is 22.7 Å². The number of aromatic nitrogens is 1. The number of hydrogen-bond acceptors (Lipinski definition) is 5. The van der Waals surface area contributed by atoms with Gasteiger partial charge < -0.3 is 19.8 Å². The zero-order valence-electron chi connectivity index (χ0n) is 15.4. The van der Waals surface area contributed by atoms with E-state index < -0.39 is 5.92 Å². The van der Waals surface area contributed by atoms with Gasteiger partial charge in [0.05, 0.1) is 18.7 Å². The number of nitriles is 2. The molecule has 1 aliphatic heterocycles. The van der Waals surface area contributed by atoms with Crippen LogP contribution in [0.5, 0.6) is 11.5 Å². The quantitative estimate of drug-likeness (QED) is 0.707. The highest BCUT2D eigenvalue weighted by atomic mass is 35.5. The molecule has 0 aliphatic carbocycles. The Morgan fingerprint density at radius 3 is 2.34 bits per heavy atom. The minimum atomic E-state index is -0.509. The third-order valence-electron chi connectivity index (χ3n) is 4.83. The lowest BCUT2D eigenvalue weighted by molar-refractivity contribution is 0.390. The second-order valence-corrected chi connectivity index (χ2v) is 6.85. The summed E-state index contributed by atoms with van der Waals surface area (Å²) in [4.78, 5) is 0. The highest BCUT2D eigenvalue weighted by Gasteiger charge is 2.36. The summed E-state index contributed by atoms with van der Waals surface area (Å²) in [6.07, 6.45) is 1.68. The normalized spacial score (nSPS) is 15.1. The van der Waals surface area contributed by atoms with Gasteiger partial charge in [0.25, 0.3) is 0 Å². The molecule has 0 saturated heterocycles. The first kappa shape index (κ1) is 18.5. The Kier molecular flexibility index (Phi) is 4.64. The number of allylic oxidation sites excluding steroid dienone is 1. The van der Waals surface area contributed by atoms with Crippen molar-refractivity contribution in [2.24, 2.45) is 5.73 Å². The number of benzene rings is 2. The van der Waals surface area contributed by atoms with Crippen molar-refractivity contribution >= 4 is 11.6 Å². The van der Waals surface area contributed by atoms with Gasteiger partial charge in [0, 0.05) is 16.9 Å². The van der Waals surface area contributed by atoms with Crippen molar-refractivity contribution in [1.82, 2.24) is 4.57 Å². The first-order valence-corrected chi connectivity index (χ1v) is 9.08. The van der Waals surface area contributed by atoms with E-state index in [1.807, 2.05) is 41.0 Å². The Balaban J connectivity index is 1.98. The molecule has 0 fully saturated rings. The Labute approximate surface area is 172 Å². The summed E-state index contributed by atoms with van der Waals surface area (Å²) in [6, 6.07) is 18.9. The van der Waals surface area contributed by atoms with Crippen LogP contribution in [0.3, 0.4) is 0 Å². The summed E-state index contributed by atoms with van der Waals surface area (Å²) in [7, 11) is 1.59. The molecule has 1 aromatic heterocycles. The van der Waals surface area contributed by atoms with E-state index in [4.69, 9.17) is 26.8 Å². The van der Waals surface area contributed by atoms with Crippen LogP contribution in [0.25, 0.3) is 5.69 Å². The largest absolute Gasteiger partial charge is 0.497 e. The summed E-state index contributed by atoms with van der Waals surface area (Å²) < 4.78 is 12.8. The zero-order valence-corrected chi connectivity index (χ0v) is 16.1. The second kappa shape index (κ2) is 7.27. The van der Waals surface area contributed by atoms with Crippen LogP contribution in [0.15, 0.2) is 66.2 Å². The Morgan fingerprint density at radius 1 is 1.07 bits per heavy atom. The van der Waals surface area contributed by atoms with Crippen molar-refractivity contribution < 1.29 is 9.47 Å². The predicted octanol–water partition coefficient (Wildman–Crippen LogP) is 4.23. The summed E-state index contributed by atoms with van der Waals surface area (Å²) >= 11 is 6.05. The van der Waals surface area contributed by atoms with Crippen LogP contribution in [-0.4, -0.2) is 11.7 Å². The molecule has 142 valence electrons. The van der Waals surface area contributed by atoms with E-state index in [0.29, 0.717) is 27.8 Å². The van der Waals surface area contributed by atoms with Crippen LogP contribution < -0.4 is 15.2 Å². The third-order valence-corrected chi connectivity index (χ3v) is 5.08. The Bertz CT molecular complexity index is 1200. The first-order valence-electron chi connectivity index (χ1n) is 8.70. The van der Waals surface area contributed by atoms with Crippen molar-refractivity contribution in [2.45, 2.75) is 5.92 Å². The zero-order chi connectivity index (χ0) is 20.5. The molecule has 4 rings (SSSR count). The lowest BCUT2D eigenvalue weighted by Crippen LogP contribution is -2.22. The van der Waals surface area contributed by atoms with Crippen molar-refractivity contribution in [3.8, 4) is 29.3 Å². The Hall–Kier alpha value is -3.87. The van der Waals surface area contributed by atoms with E-state index in [0.717, 1.165) is 11.3 Å². The number of halogens is 1. The highest BCUT2D eigenvalue weighted by Crippen LogP contribution is 2.45. The van der Waals surface area contributed by atoms with Crippen LogP contribution in [-0.2, 0) is 0 Å². The van der Waals surface area contributed by atoms with Gasteiger partial charge in [-0.25, -0.2) is 0 Å². The molecular weight excluding hydrogens is 388 g/mol. The Morgan fingerprint density at radius 2 is 1.76 bits per heavy atom. The topological polar surface area (TPSA) is 97.0 Å². The van der Waals surface area contributed by atoms with Crippen LogP contribution in [0, 0.1) is 22.7 Å². The van der Waals surface area contributed by atoms with Gasteiger partial charge in [0.1, 0.15) is 29.0 Å². The molecule has 0 saturated carbocycles. The fourth-order valence-corrected chi connectivity index (χ4v) is 3.59. The van der Waals surface area contributed by atoms with Crippen LogP contribution in [0.2, 0.25) is 5.02 Å². The molecule has 0 amide bonds. The SMILES string of the molecule is COc1ccc(-n2cc(C#N)c3c2C(c2ccc(Cl)cc2)C(C#N)=C(N)O3)cc1. The maximum absolute atomic E-state index is 9.78. The number of ether oxygens (including phenoxy) is 2. The number of fused-ring (bicyclic) bond motifs is 1. The number of hydrogen-bond donors (Lipinski definition) is 1. The van der Waals surface area contributed by atoms with Gasteiger partial charge in [0.15, 0.2) is 5.75 Å². The molecule has 3 aromatic rings. The molecule has 7 heteroatoms. The van der Waals surface area contributed by atoms with Gasteiger partial charge in [-0.15, -0.1) is 0 Å². The molecule has 1 unspecified atom stereocenters. The van der Waals surface area contributed by atoms with Crippen molar-refractivity contribution in [2.75, 3.05) is 7.11 Å². The molecule has 0 bridgehead atoms. The molecule has 2 heterocycles. The van der Waals surface area contributed by atoms with Gasteiger partial charge in [-0.2, -0.15) is 10.5 Å². The van der Waals surface area contributed by atoms with Crippen molar-refractivity contribution in [1.29, 1.82) is 10.5 Å². The van der Waals surface area contributed by atoms with Crippen LogP contribution >= 0.6 is 11.6 Å². The minimum Gasteiger partial charge on any atom is -0.497 e. The van der Waals surface area contributed by atoms with E-state index in [1.165, 1.54) is 0 Å². The monoisotopic (exact) mass is 402 g/mol. The standard InChI is InChI=1S/C22H15ClN4O2/c1-28-17-8-6-16(7-9-17)27-12-14(10-24)21-20(27)19(18(11-25)22(26)29-21)13-2-4-15(23)5-3-13/h2-9,12,19H,26H2,1H3. The number of methoxy groups -OCH3 is 1. The molecule has 2 N–H and O–H groups in total. The smallest absolute Gasteiger partial charge is 0.205 e. The van der Waals surface area contributed by atoms with Gasteiger partial charge in [-0.3, -0.25) is 0 Å². The minimum absolute atomic E-state index is 0.0102. The van der Waals surface area contributed by atoms with Gasteiger partial charge >= 0.3 is 0 Å². The van der Waals surface area contributed by atoms with Gasteiger partial charge in [0.2, 0.25) is 5.88 Å². The van der Waals surface area contributed by atoms with Gasteiger partial charge in [-0.05, 0) is 42.0 Å². The number of rotatable bonds is 3. The molecular formula is C22H15ClN4O2. The molecule has 0 radical (unpaired) electrons. The molecule has 1 atom stereocenters. The second-order valence-electron chi connectivity index (χ2n) is 6.41. The molecule has 6 nitrogen and oxygen atoms in total. The average Bonchev–Trinajstić information content (AvgIpc) is 3.11. The summed E-state index contributed by atoms with van der Waals surface area (Å²) in [6.45, 7) is 0. The van der Waals surface area contributed by atoms with E-state index in [2.05, 4.69) is 12.1 Å².